The number of para-hydroxylation sites is 1. The summed E-state index contributed by atoms with van der Waals surface area (Å²) < 4.78 is 23.0. The van der Waals surface area contributed by atoms with Gasteiger partial charge in [0.25, 0.3) is 0 Å². The third-order valence-corrected chi connectivity index (χ3v) is 4.83. The van der Waals surface area contributed by atoms with Crippen LogP contribution in [0.4, 0.5) is 5.69 Å². The maximum absolute atomic E-state index is 11.8. The zero-order chi connectivity index (χ0) is 15.0. The Labute approximate surface area is 120 Å². The molecule has 3 N–H and O–H groups in total. The van der Waals surface area contributed by atoms with E-state index in [9.17, 15) is 13.2 Å². The number of amides is 1. The van der Waals surface area contributed by atoms with Gasteiger partial charge in [-0.25, -0.2) is 8.42 Å². The van der Waals surface area contributed by atoms with Gasteiger partial charge in [-0.15, -0.1) is 0 Å². The van der Waals surface area contributed by atoms with Gasteiger partial charge in [-0.3, -0.25) is 4.79 Å². The van der Waals surface area contributed by atoms with Crippen molar-refractivity contribution >= 4 is 21.4 Å². The van der Waals surface area contributed by atoms with Gasteiger partial charge in [-0.2, -0.15) is 0 Å². The Hall–Kier alpha value is -1.40. The van der Waals surface area contributed by atoms with Crippen LogP contribution in [0, 0.1) is 0 Å². The molecule has 0 unspecified atom stereocenters. The van der Waals surface area contributed by atoms with Crippen molar-refractivity contribution in [3.8, 4) is 0 Å². The number of sulfone groups is 1. The lowest BCUT2D eigenvalue weighted by atomic mass is 10.1. The van der Waals surface area contributed by atoms with Gasteiger partial charge < -0.3 is 11.1 Å². The van der Waals surface area contributed by atoms with Crippen LogP contribution in [-0.4, -0.2) is 25.8 Å². The molecule has 0 spiro atoms. The molecule has 112 valence electrons. The maximum atomic E-state index is 11.8. The first-order valence-corrected chi connectivity index (χ1v) is 8.59. The zero-order valence-corrected chi connectivity index (χ0v) is 12.6. The van der Waals surface area contributed by atoms with Crippen LogP contribution < -0.4 is 11.1 Å². The van der Waals surface area contributed by atoms with Crippen molar-refractivity contribution in [1.82, 2.24) is 0 Å². The van der Waals surface area contributed by atoms with Gasteiger partial charge in [-0.05, 0) is 24.5 Å². The minimum Gasteiger partial charge on any atom is -0.326 e. The van der Waals surface area contributed by atoms with Crippen LogP contribution in [0.5, 0.6) is 0 Å². The summed E-state index contributed by atoms with van der Waals surface area (Å²) in [6.07, 6.45) is 1.15. The van der Waals surface area contributed by atoms with E-state index in [0.717, 1.165) is 5.56 Å². The summed E-state index contributed by atoms with van der Waals surface area (Å²) in [4.78, 5) is 11.8. The Kier molecular flexibility index (Phi) is 6.67. The monoisotopic (exact) mass is 298 g/mol. The highest BCUT2D eigenvalue weighted by Crippen LogP contribution is 2.14. The predicted octanol–water partition coefficient (Wildman–Crippen LogP) is 1.69. The largest absolute Gasteiger partial charge is 0.326 e. The van der Waals surface area contributed by atoms with Gasteiger partial charge in [0, 0.05) is 24.4 Å². The maximum Gasteiger partial charge on any atom is 0.224 e. The van der Waals surface area contributed by atoms with Crippen molar-refractivity contribution in [2.45, 2.75) is 32.7 Å². The number of nitrogens with one attached hydrogen (secondary N) is 1. The zero-order valence-electron chi connectivity index (χ0n) is 11.8. The van der Waals surface area contributed by atoms with E-state index >= 15 is 0 Å². The van der Waals surface area contributed by atoms with Crippen molar-refractivity contribution in [2.75, 3.05) is 16.8 Å². The van der Waals surface area contributed by atoms with Gasteiger partial charge in [0.1, 0.15) is 9.84 Å². The number of hydrogen-bond acceptors (Lipinski definition) is 4. The van der Waals surface area contributed by atoms with Crippen LogP contribution in [-0.2, 0) is 21.2 Å². The van der Waals surface area contributed by atoms with Gasteiger partial charge in [0.05, 0.1) is 5.75 Å². The van der Waals surface area contributed by atoms with Gasteiger partial charge in [0.2, 0.25) is 5.91 Å². The number of nitrogens with two attached hydrogens (primary N) is 1. The molecule has 0 aliphatic carbocycles. The molecule has 0 atom stereocenters. The fraction of sp³-hybridized carbons (Fsp3) is 0.500. The molecule has 0 bridgehead atoms. The average Bonchev–Trinajstić information content (AvgIpc) is 2.39. The van der Waals surface area contributed by atoms with E-state index in [1.807, 2.05) is 25.1 Å². The molecular weight excluding hydrogens is 276 g/mol. The van der Waals surface area contributed by atoms with Gasteiger partial charge >= 0.3 is 0 Å². The van der Waals surface area contributed by atoms with Crippen molar-refractivity contribution < 1.29 is 13.2 Å². The van der Waals surface area contributed by atoms with Crippen LogP contribution >= 0.6 is 0 Å². The second kappa shape index (κ2) is 8.01. The fourth-order valence-corrected chi connectivity index (χ4v) is 3.31. The number of carbonyl (C=O) groups excluding carboxylic acids is 1. The highest BCUT2D eigenvalue weighted by molar-refractivity contribution is 7.91. The summed E-state index contributed by atoms with van der Waals surface area (Å²) in [6, 6.07) is 7.31. The number of hydrogen-bond donors (Lipinski definition) is 2. The summed E-state index contributed by atoms with van der Waals surface area (Å²) in [5.41, 5.74) is 7.14. The van der Waals surface area contributed by atoms with Crippen LogP contribution in [0.3, 0.4) is 0 Å². The Morgan fingerprint density at radius 2 is 1.95 bits per heavy atom. The smallest absolute Gasteiger partial charge is 0.224 e. The molecule has 1 rings (SSSR count). The normalized spacial score (nSPS) is 11.3. The number of benzene rings is 1. The Bertz CT molecular complexity index is 541. The van der Waals surface area contributed by atoms with Crippen molar-refractivity contribution in [3.05, 3.63) is 29.8 Å². The summed E-state index contributed by atoms with van der Waals surface area (Å²) in [5, 5.41) is 2.77. The lowest BCUT2D eigenvalue weighted by Gasteiger charge is -2.09. The molecule has 0 fully saturated rings. The van der Waals surface area contributed by atoms with E-state index in [0.29, 0.717) is 25.1 Å². The van der Waals surface area contributed by atoms with E-state index < -0.39 is 9.84 Å². The molecule has 1 amide bonds. The second-order valence-electron chi connectivity index (χ2n) is 4.66. The van der Waals surface area contributed by atoms with Crippen LogP contribution in [0.25, 0.3) is 0 Å². The molecule has 0 saturated carbocycles. The highest BCUT2D eigenvalue weighted by atomic mass is 32.2. The third kappa shape index (κ3) is 5.71. The average molecular weight is 298 g/mol. The molecule has 0 aliphatic rings. The first-order chi connectivity index (χ1) is 9.48. The Morgan fingerprint density at radius 3 is 2.60 bits per heavy atom. The summed E-state index contributed by atoms with van der Waals surface area (Å²) >= 11 is 0. The second-order valence-corrected chi connectivity index (χ2v) is 6.97. The molecule has 0 radical (unpaired) electrons. The first-order valence-electron chi connectivity index (χ1n) is 6.76. The molecule has 5 nitrogen and oxygen atoms in total. The van der Waals surface area contributed by atoms with E-state index in [4.69, 9.17) is 5.73 Å². The highest BCUT2D eigenvalue weighted by Gasteiger charge is 2.11. The van der Waals surface area contributed by atoms with Gasteiger partial charge in [-0.1, -0.05) is 25.1 Å². The van der Waals surface area contributed by atoms with Crippen molar-refractivity contribution in [1.29, 1.82) is 0 Å². The fourth-order valence-electron chi connectivity index (χ4n) is 1.90. The lowest BCUT2D eigenvalue weighted by molar-refractivity contribution is -0.116. The molecule has 20 heavy (non-hydrogen) atoms. The minimum absolute atomic E-state index is 0.0623. The van der Waals surface area contributed by atoms with E-state index in [-0.39, 0.29) is 23.8 Å². The molecule has 0 saturated heterocycles. The summed E-state index contributed by atoms with van der Waals surface area (Å²) in [6.45, 7) is 2.18. The number of carbonyl (C=O) groups is 1. The van der Waals surface area contributed by atoms with Crippen LogP contribution in [0.15, 0.2) is 24.3 Å². The van der Waals surface area contributed by atoms with Crippen LogP contribution in [0.2, 0.25) is 0 Å². The first kappa shape index (κ1) is 16.7. The Balaban J connectivity index is 2.45. The van der Waals surface area contributed by atoms with E-state index in [2.05, 4.69) is 5.32 Å². The van der Waals surface area contributed by atoms with Crippen LogP contribution in [0.1, 0.15) is 31.7 Å². The molecule has 0 aliphatic heterocycles. The van der Waals surface area contributed by atoms with Gasteiger partial charge in [0.15, 0.2) is 0 Å². The molecule has 1 aromatic carbocycles. The quantitative estimate of drug-likeness (QED) is 0.764. The molecule has 0 aromatic heterocycles. The number of rotatable bonds is 8. The minimum atomic E-state index is -3.01. The molecule has 6 heteroatoms. The molecule has 0 heterocycles. The van der Waals surface area contributed by atoms with E-state index in [1.165, 1.54) is 0 Å². The topological polar surface area (TPSA) is 89.3 Å². The Morgan fingerprint density at radius 1 is 1.25 bits per heavy atom. The number of anilines is 1. The van der Waals surface area contributed by atoms with Crippen molar-refractivity contribution in [2.24, 2.45) is 5.73 Å². The third-order valence-electron chi connectivity index (χ3n) is 2.89. The SMILES string of the molecule is CCCS(=O)(=O)CCCC(=O)Nc1ccccc1CN. The van der Waals surface area contributed by atoms with Crippen molar-refractivity contribution in [3.63, 3.8) is 0 Å². The summed E-state index contributed by atoms with van der Waals surface area (Å²) in [5.74, 6) is 0.0647. The molecular formula is C14H22N2O3S. The standard InChI is InChI=1S/C14H22N2O3S/c1-2-9-20(18,19)10-5-8-14(17)16-13-7-4-3-6-12(13)11-15/h3-4,6-7H,2,5,8-11,15H2,1H3,(H,16,17). The van der Waals surface area contributed by atoms with E-state index in [1.54, 1.807) is 6.07 Å². The lowest BCUT2D eigenvalue weighted by Crippen LogP contribution is -2.16. The predicted molar refractivity (Wildman–Crippen MR) is 81.1 cm³/mol. The molecule has 1 aromatic rings. The summed E-state index contributed by atoms with van der Waals surface area (Å²) in [7, 11) is -3.01.